The molecule has 3 aromatic rings. The molecular weight excluding hydrogens is 291 g/mol. The molecule has 0 aliphatic carbocycles. The standard InChI is InChI=1S/C16H14Cl2N2/c17-10-5-6-11(15(18)7-10)13(8-19)14-9-20-16-4-2-1-3-12(14)16/h1-7,9,13,20H,8,19H2/p+1/t13-/m0/s1. The lowest BCUT2D eigenvalue weighted by molar-refractivity contribution is -0.370. The molecule has 0 aliphatic rings. The second kappa shape index (κ2) is 5.49. The van der Waals surface area contributed by atoms with Gasteiger partial charge in [0.2, 0.25) is 0 Å². The molecule has 0 amide bonds. The molecule has 0 saturated carbocycles. The van der Waals surface area contributed by atoms with Crippen molar-refractivity contribution in [1.29, 1.82) is 0 Å². The molecule has 0 spiro atoms. The van der Waals surface area contributed by atoms with Gasteiger partial charge in [0.15, 0.2) is 0 Å². The fourth-order valence-corrected chi connectivity index (χ4v) is 3.19. The highest BCUT2D eigenvalue weighted by molar-refractivity contribution is 6.35. The van der Waals surface area contributed by atoms with Crippen molar-refractivity contribution in [2.24, 2.45) is 0 Å². The number of quaternary nitrogens is 1. The normalized spacial score (nSPS) is 12.8. The number of nitrogens with one attached hydrogen (secondary N) is 1. The van der Waals surface area contributed by atoms with Crippen LogP contribution in [0.5, 0.6) is 0 Å². The lowest BCUT2D eigenvalue weighted by Gasteiger charge is -2.15. The summed E-state index contributed by atoms with van der Waals surface area (Å²) in [5.41, 5.74) is 7.50. The van der Waals surface area contributed by atoms with Crippen LogP contribution in [0.15, 0.2) is 48.7 Å². The second-order valence-corrected chi connectivity index (χ2v) is 5.64. The van der Waals surface area contributed by atoms with Crippen LogP contribution in [0.2, 0.25) is 10.0 Å². The van der Waals surface area contributed by atoms with Crippen molar-refractivity contribution in [2.45, 2.75) is 5.92 Å². The van der Waals surface area contributed by atoms with Crippen molar-refractivity contribution in [1.82, 2.24) is 4.98 Å². The number of hydrogen-bond donors (Lipinski definition) is 2. The Morgan fingerprint density at radius 3 is 2.60 bits per heavy atom. The zero-order chi connectivity index (χ0) is 14.1. The molecule has 4 N–H and O–H groups in total. The maximum Gasteiger partial charge on any atom is 0.0852 e. The van der Waals surface area contributed by atoms with Crippen LogP contribution in [0, 0.1) is 0 Å². The van der Waals surface area contributed by atoms with Crippen LogP contribution >= 0.6 is 23.2 Å². The molecule has 0 aliphatic heterocycles. The minimum absolute atomic E-state index is 0.163. The predicted molar refractivity (Wildman–Crippen MR) is 84.4 cm³/mol. The summed E-state index contributed by atoms with van der Waals surface area (Å²) in [6.45, 7) is 0.739. The van der Waals surface area contributed by atoms with Crippen molar-refractivity contribution < 1.29 is 5.73 Å². The number of hydrogen-bond acceptors (Lipinski definition) is 0. The smallest absolute Gasteiger partial charge is 0.0852 e. The Hall–Kier alpha value is -1.48. The largest absolute Gasteiger partial charge is 0.361 e. The van der Waals surface area contributed by atoms with E-state index in [0.29, 0.717) is 10.0 Å². The van der Waals surface area contributed by atoms with Crippen LogP contribution in [0.1, 0.15) is 17.0 Å². The Labute approximate surface area is 127 Å². The molecule has 4 heteroatoms. The van der Waals surface area contributed by atoms with Gasteiger partial charge in [0, 0.05) is 27.1 Å². The Balaban J connectivity index is 2.14. The van der Waals surface area contributed by atoms with Crippen LogP contribution < -0.4 is 5.73 Å². The van der Waals surface area contributed by atoms with E-state index in [0.717, 1.165) is 17.6 Å². The molecule has 1 heterocycles. The fraction of sp³-hybridized carbons (Fsp3) is 0.125. The molecule has 20 heavy (non-hydrogen) atoms. The quantitative estimate of drug-likeness (QED) is 0.738. The summed E-state index contributed by atoms with van der Waals surface area (Å²) in [7, 11) is 0. The molecule has 0 radical (unpaired) electrons. The van der Waals surface area contributed by atoms with Gasteiger partial charge in [0.25, 0.3) is 0 Å². The van der Waals surface area contributed by atoms with E-state index in [2.05, 4.69) is 22.9 Å². The maximum atomic E-state index is 6.35. The van der Waals surface area contributed by atoms with Crippen molar-refractivity contribution in [2.75, 3.05) is 6.54 Å². The van der Waals surface area contributed by atoms with Gasteiger partial charge in [-0.2, -0.15) is 0 Å². The second-order valence-electron chi connectivity index (χ2n) is 4.80. The number of H-pyrrole nitrogens is 1. The van der Waals surface area contributed by atoms with Gasteiger partial charge in [0.1, 0.15) is 0 Å². The molecule has 0 saturated heterocycles. The van der Waals surface area contributed by atoms with Crippen LogP contribution in [0.4, 0.5) is 0 Å². The zero-order valence-electron chi connectivity index (χ0n) is 10.9. The van der Waals surface area contributed by atoms with Crippen LogP contribution in [0.25, 0.3) is 10.9 Å². The van der Waals surface area contributed by atoms with Crippen molar-refractivity contribution in [3.8, 4) is 0 Å². The lowest BCUT2D eigenvalue weighted by atomic mass is 9.91. The molecule has 0 fully saturated rings. The Morgan fingerprint density at radius 1 is 1.05 bits per heavy atom. The number of para-hydroxylation sites is 1. The lowest BCUT2D eigenvalue weighted by Crippen LogP contribution is -2.53. The van der Waals surface area contributed by atoms with Gasteiger partial charge in [-0.15, -0.1) is 0 Å². The molecule has 2 aromatic carbocycles. The Bertz CT molecular complexity index is 749. The van der Waals surface area contributed by atoms with Gasteiger partial charge in [-0.05, 0) is 29.3 Å². The van der Waals surface area contributed by atoms with E-state index in [-0.39, 0.29) is 5.92 Å². The van der Waals surface area contributed by atoms with Gasteiger partial charge >= 0.3 is 0 Å². The average molecular weight is 306 g/mol. The monoisotopic (exact) mass is 305 g/mol. The minimum Gasteiger partial charge on any atom is -0.361 e. The first-order chi connectivity index (χ1) is 9.70. The number of aromatic nitrogens is 1. The molecule has 2 nitrogen and oxygen atoms in total. The Morgan fingerprint density at radius 2 is 1.85 bits per heavy atom. The highest BCUT2D eigenvalue weighted by Gasteiger charge is 2.20. The highest BCUT2D eigenvalue weighted by Crippen LogP contribution is 2.34. The fourth-order valence-electron chi connectivity index (χ4n) is 2.64. The number of fused-ring (bicyclic) bond motifs is 1. The third kappa shape index (κ3) is 2.31. The summed E-state index contributed by atoms with van der Waals surface area (Å²) in [5.74, 6) is 0.163. The van der Waals surface area contributed by atoms with Gasteiger partial charge in [-0.3, -0.25) is 0 Å². The summed E-state index contributed by atoms with van der Waals surface area (Å²) in [6.07, 6.45) is 2.05. The Kier molecular flexibility index (Phi) is 3.70. The average Bonchev–Trinajstić information content (AvgIpc) is 2.86. The van der Waals surface area contributed by atoms with Crippen LogP contribution in [-0.2, 0) is 0 Å². The number of rotatable bonds is 3. The summed E-state index contributed by atoms with van der Waals surface area (Å²) in [5, 5.41) is 2.56. The molecular formula is C16H15Cl2N2+. The van der Waals surface area contributed by atoms with Crippen molar-refractivity contribution in [3.63, 3.8) is 0 Å². The molecule has 102 valence electrons. The number of halogens is 2. The predicted octanol–water partition coefficient (Wildman–Crippen LogP) is 3.85. The van der Waals surface area contributed by atoms with E-state index in [9.17, 15) is 0 Å². The highest BCUT2D eigenvalue weighted by atomic mass is 35.5. The SMILES string of the molecule is [NH3+]C[C@@H](c1ccc(Cl)cc1Cl)c1c[nH]c2ccccc12. The van der Waals surface area contributed by atoms with E-state index in [1.54, 1.807) is 6.07 Å². The van der Waals surface area contributed by atoms with Crippen molar-refractivity contribution >= 4 is 34.1 Å². The molecule has 1 aromatic heterocycles. The third-order valence-electron chi connectivity index (χ3n) is 3.62. The molecule has 0 bridgehead atoms. The summed E-state index contributed by atoms with van der Waals surface area (Å²) >= 11 is 12.3. The van der Waals surface area contributed by atoms with E-state index in [1.165, 1.54) is 10.9 Å². The van der Waals surface area contributed by atoms with E-state index in [4.69, 9.17) is 23.2 Å². The number of benzene rings is 2. The molecule has 1 atom stereocenters. The number of aromatic amines is 1. The minimum atomic E-state index is 0.163. The topological polar surface area (TPSA) is 43.4 Å². The maximum absolute atomic E-state index is 6.35. The summed E-state index contributed by atoms with van der Waals surface area (Å²) in [4.78, 5) is 3.31. The molecule has 0 unspecified atom stereocenters. The first-order valence-electron chi connectivity index (χ1n) is 6.51. The van der Waals surface area contributed by atoms with Gasteiger partial charge in [0.05, 0.1) is 12.5 Å². The summed E-state index contributed by atoms with van der Waals surface area (Å²) < 4.78 is 0. The van der Waals surface area contributed by atoms with E-state index >= 15 is 0 Å². The van der Waals surface area contributed by atoms with Gasteiger partial charge < -0.3 is 10.7 Å². The third-order valence-corrected chi connectivity index (χ3v) is 4.19. The van der Waals surface area contributed by atoms with Crippen LogP contribution in [-0.4, -0.2) is 11.5 Å². The van der Waals surface area contributed by atoms with Crippen molar-refractivity contribution in [3.05, 3.63) is 69.8 Å². The van der Waals surface area contributed by atoms with Gasteiger partial charge in [-0.25, -0.2) is 0 Å². The first-order valence-corrected chi connectivity index (χ1v) is 7.26. The zero-order valence-corrected chi connectivity index (χ0v) is 12.4. The summed E-state index contributed by atoms with van der Waals surface area (Å²) in [6, 6.07) is 13.9. The van der Waals surface area contributed by atoms with Crippen LogP contribution in [0.3, 0.4) is 0 Å². The first kappa shape index (κ1) is 13.5. The van der Waals surface area contributed by atoms with Gasteiger partial charge in [-0.1, -0.05) is 47.5 Å². The van der Waals surface area contributed by atoms with E-state index in [1.807, 2.05) is 30.5 Å². The molecule has 3 rings (SSSR count). The van der Waals surface area contributed by atoms with E-state index < -0.39 is 0 Å².